The van der Waals surface area contributed by atoms with Gasteiger partial charge in [0.25, 0.3) is 0 Å². The third-order valence-corrected chi connectivity index (χ3v) is 5.57. The van der Waals surface area contributed by atoms with Gasteiger partial charge in [-0.25, -0.2) is 14.4 Å². The lowest BCUT2D eigenvalue weighted by Crippen LogP contribution is -2.27. The Morgan fingerprint density at radius 1 is 0.757 bits per heavy atom. The number of ether oxygens (including phenoxy) is 5. The molecule has 0 amide bonds. The van der Waals surface area contributed by atoms with Gasteiger partial charge in [-0.3, -0.25) is 9.59 Å². The Morgan fingerprint density at radius 2 is 1.30 bits per heavy atom. The first-order chi connectivity index (χ1) is 17.7. The average Bonchev–Trinajstić information content (AvgIpc) is 2.90. The number of hydrogen-bond acceptors (Lipinski definition) is 10. The molecule has 3 rings (SSSR count). The Labute approximate surface area is 212 Å². The van der Waals surface area contributed by atoms with Crippen LogP contribution in [0.25, 0.3) is 0 Å². The topological polar surface area (TPSA) is 152 Å². The quantitative estimate of drug-likeness (QED) is 0.222. The summed E-state index contributed by atoms with van der Waals surface area (Å²) in [4.78, 5) is 58.4. The van der Waals surface area contributed by atoms with E-state index in [1.54, 1.807) is 6.92 Å². The normalized spacial score (nSPS) is 16.7. The standard InChI is InChI=1S/C26H26O11/c1-2-22(27)33-15-34-26(32)37-21-13-11-20(12-14-21)36-25(31)18-5-3-17(4-6-18)24(30)35-19-9-7-16(8-10-19)23(28)29/h3-6,11-14,16,19H,2,7-10,15H2,1H3,(H,28,29). The molecular weight excluding hydrogens is 488 g/mol. The van der Waals surface area contributed by atoms with Gasteiger partial charge in [-0.2, -0.15) is 0 Å². The molecule has 0 aliphatic heterocycles. The van der Waals surface area contributed by atoms with Crippen LogP contribution in [0, 0.1) is 5.92 Å². The fourth-order valence-electron chi connectivity index (χ4n) is 3.50. The Kier molecular flexibility index (Phi) is 9.59. The first-order valence-corrected chi connectivity index (χ1v) is 11.6. The zero-order chi connectivity index (χ0) is 26.8. The van der Waals surface area contributed by atoms with E-state index in [2.05, 4.69) is 9.47 Å². The molecule has 11 heteroatoms. The molecule has 0 spiro atoms. The fraction of sp³-hybridized carbons (Fsp3) is 0.346. The lowest BCUT2D eigenvalue weighted by atomic mass is 9.87. The Hall–Kier alpha value is -4.41. The fourth-order valence-corrected chi connectivity index (χ4v) is 3.50. The van der Waals surface area contributed by atoms with Gasteiger partial charge in [0.1, 0.15) is 17.6 Å². The third-order valence-electron chi connectivity index (χ3n) is 5.57. The SMILES string of the molecule is CCC(=O)OCOC(=O)Oc1ccc(OC(=O)c2ccc(C(=O)OC3CCC(C(=O)O)CC3)cc2)cc1. The number of hydrogen-bond donors (Lipinski definition) is 1. The first kappa shape index (κ1) is 27.2. The van der Waals surface area contributed by atoms with Crippen LogP contribution in [0.3, 0.4) is 0 Å². The minimum absolute atomic E-state index is 0.117. The summed E-state index contributed by atoms with van der Waals surface area (Å²) in [6.07, 6.45) is 0.657. The van der Waals surface area contributed by atoms with Crippen LogP contribution >= 0.6 is 0 Å². The second-order valence-electron chi connectivity index (χ2n) is 8.14. The van der Waals surface area contributed by atoms with Gasteiger partial charge < -0.3 is 28.8 Å². The molecule has 0 heterocycles. The van der Waals surface area contributed by atoms with E-state index in [-0.39, 0.29) is 35.2 Å². The molecule has 2 aromatic carbocycles. The lowest BCUT2D eigenvalue weighted by Gasteiger charge is -2.25. The summed E-state index contributed by atoms with van der Waals surface area (Å²) in [5.74, 6) is -2.66. The van der Waals surface area contributed by atoms with Crippen LogP contribution in [0.2, 0.25) is 0 Å². The van der Waals surface area contributed by atoms with Crippen molar-refractivity contribution in [1.82, 2.24) is 0 Å². The maximum atomic E-state index is 12.4. The second kappa shape index (κ2) is 13.1. The lowest BCUT2D eigenvalue weighted by molar-refractivity contribution is -0.152. The van der Waals surface area contributed by atoms with Crippen LogP contribution in [0.5, 0.6) is 11.5 Å². The van der Waals surface area contributed by atoms with Gasteiger partial charge in [0.05, 0.1) is 17.0 Å². The highest BCUT2D eigenvalue weighted by atomic mass is 16.8. The number of carboxylic acids is 1. The monoisotopic (exact) mass is 514 g/mol. The molecule has 0 saturated heterocycles. The van der Waals surface area contributed by atoms with Crippen LogP contribution in [0.1, 0.15) is 59.7 Å². The predicted octanol–water partition coefficient (Wildman–Crippen LogP) is 4.13. The zero-order valence-electron chi connectivity index (χ0n) is 20.0. The highest BCUT2D eigenvalue weighted by molar-refractivity contribution is 5.94. The van der Waals surface area contributed by atoms with E-state index < -0.39 is 42.7 Å². The Bertz CT molecular complexity index is 1110. The van der Waals surface area contributed by atoms with Crippen LogP contribution < -0.4 is 9.47 Å². The van der Waals surface area contributed by atoms with Gasteiger partial charge in [-0.15, -0.1) is 0 Å². The molecule has 11 nitrogen and oxygen atoms in total. The maximum absolute atomic E-state index is 12.4. The Morgan fingerprint density at radius 3 is 1.84 bits per heavy atom. The van der Waals surface area contributed by atoms with Gasteiger partial charge in [-0.05, 0) is 74.2 Å². The van der Waals surface area contributed by atoms with Gasteiger partial charge in [0.2, 0.25) is 6.79 Å². The average molecular weight is 514 g/mol. The van der Waals surface area contributed by atoms with Gasteiger partial charge in [0.15, 0.2) is 0 Å². The van der Waals surface area contributed by atoms with Crippen molar-refractivity contribution in [3.8, 4) is 11.5 Å². The largest absolute Gasteiger partial charge is 0.516 e. The number of benzene rings is 2. The van der Waals surface area contributed by atoms with E-state index in [9.17, 15) is 24.0 Å². The molecule has 1 saturated carbocycles. The van der Waals surface area contributed by atoms with Crippen molar-refractivity contribution in [3.63, 3.8) is 0 Å². The molecule has 37 heavy (non-hydrogen) atoms. The molecular formula is C26H26O11. The minimum atomic E-state index is -1.07. The maximum Gasteiger partial charge on any atom is 0.516 e. The van der Waals surface area contributed by atoms with Crippen LogP contribution in [0.4, 0.5) is 4.79 Å². The molecule has 0 atom stereocenters. The van der Waals surface area contributed by atoms with Crippen molar-refractivity contribution in [1.29, 1.82) is 0 Å². The first-order valence-electron chi connectivity index (χ1n) is 11.6. The van der Waals surface area contributed by atoms with Crippen molar-refractivity contribution in [2.24, 2.45) is 5.92 Å². The van der Waals surface area contributed by atoms with E-state index in [0.717, 1.165) is 0 Å². The molecule has 0 radical (unpaired) electrons. The predicted molar refractivity (Wildman–Crippen MR) is 125 cm³/mol. The molecule has 1 fully saturated rings. The second-order valence-corrected chi connectivity index (χ2v) is 8.14. The number of esters is 3. The van der Waals surface area contributed by atoms with E-state index in [0.29, 0.717) is 25.7 Å². The summed E-state index contributed by atoms with van der Waals surface area (Å²) in [7, 11) is 0. The van der Waals surface area contributed by atoms with Crippen LogP contribution in [0.15, 0.2) is 48.5 Å². The van der Waals surface area contributed by atoms with Crippen molar-refractivity contribution in [2.45, 2.75) is 45.1 Å². The van der Waals surface area contributed by atoms with Crippen LogP contribution in [-0.4, -0.2) is 48.0 Å². The van der Waals surface area contributed by atoms with Gasteiger partial charge >= 0.3 is 30.0 Å². The highest BCUT2D eigenvalue weighted by Gasteiger charge is 2.28. The number of carbonyl (C=O) groups excluding carboxylic acids is 4. The molecule has 1 N–H and O–H groups in total. The molecule has 2 aromatic rings. The van der Waals surface area contributed by atoms with Gasteiger partial charge in [0, 0.05) is 6.42 Å². The van der Waals surface area contributed by atoms with Crippen molar-refractivity contribution in [3.05, 3.63) is 59.7 Å². The number of aliphatic carboxylic acids is 1. The Balaban J connectivity index is 1.45. The highest BCUT2D eigenvalue weighted by Crippen LogP contribution is 2.27. The van der Waals surface area contributed by atoms with Crippen molar-refractivity contribution in [2.75, 3.05) is 6.79 Å². The smallest absolute Gasteiger partial charge is 0.481 e. The molecule has 0 bridgehead atoms. The van der Waals surface area contributed by atoms with Crippen molar-refractivity contribution >= 4 is 30.0 Å². The molecule has 1 aliphatic rings. The summed E-state index contributed by atoms with van der Waals surface area (Å²) in [6, 6.07) is 11.3. The van der Waals surface area contributed by atoms with E-state index in [1.165, 1.54) is 48.5 Å². The summed E-state index contributed by atoms with van der Waals surface area (Å²) in [6.45, 7) is 1.03. The van der Waals surface area contributed by atoms with Crippen LogP contribution in [-0.2, 0) is 23.8 Å². The minimum Gasteiger partial charge on any atom is -0.481 e. The van der Waals surface area contributed by atoms with E-state index in [4.69, 9.17) is 19.3 Å². The summed E-state index contributed by atoms with van der Waals surface area (Å²) in [5.41, 5.74) is 0.457. The zero-order valence-corrected chi connectivity index (χ0v) is 20.0. The number of carboxylic acid groups (broad SMARTS) is 1. The number of carbonyl (C=O) groups is 5. The number of rotatable bonds is 9. The van der Waals surface area contributed by atoms with Gasteiger partial charge in [-0.1, -0.05) is 6.92 Å². The van der Waals surface area contributed by atoms with Crippen molar-refractivity contribution < 1.29 is 52.8 Å². The third kappa shape index (κ3) is 8.34. The molecule has 0 unspecified atom stereocenters. The molecule has 0 aromatic heterocycles. The molecule has 1 aliphatic carbocycles. The summed E-state index contributed by atoms with van der Waals surface area (Å²) < 4.78 is 24.9. The van der Waals surface area contributed by atoms with E-state index >= 15 is 0 Å². The van der Waals surface area contributed by atoms with E-state index in [1.807, 2.05) is 0 Å². The summed E-state index contributed by atoms with van der Waals surface area (Å²) >= 11 is 0. The molecule has 196 valence electrons. The summed E-state index contributed by atoms with van der Waals surface area (Å²) in [5, 5.41) is 9.06.